The number of carbonyl (C=O) groups is 2. The lowest BCUT2D eigenvalue weighted by Gasteiger charge is -2.32. The number of nitrogens with one attached hydrogen (secondary N) is 1. The van der Waals surface area contributed by atoms with Crippen LogP contribution in [0.2, 0.25) is 0 Å². The van der Waals surface area contributed by atoms with Crippen molar-refractivity contribution < 1.29 is 45.5 Å². The maximum Gasteiger partial charge on any atom is 0.407 e. The highest BCUT2D eigenvalue weighted by Crippen LogP contribution is 2.44. The van der Waals surface area contributed by atoms with E-state index in [1.54, 1.807) is 78.9 Å². The second-order valence-corrected chi connectivity index (χ2v) is 17.5. The van der Waals surface area contributed by atoms with E-state index in [4.69, 9.17) is 9.26 Å². The molecule has 3 aromatic carbocycles. The van der Waals surface area contributed by atoms with Crippen LogP contribution in [0.4, 0.5) is 18.0 Å². The molecule has 0 saturated heterocycles. The molecule has 5 aromatic rings. The predicted molar refractivity (Wildman–Crippen MR) is 207 cm³/mol. The normalized spacial score (nSPS) is 14.0. The van der Waals surface area contributed by atoms with E-state index in [9.17, 15) is 23.1 Å². The van der Waals surface area contributed by atoms with Gasteiger partial charge in [-0.15, -0.1) is 11.3 Å². The molecule has 0 saturated carbocycles. The smallest absolute Gasteiger partial charge is 0.407 e. The van der Waals surface area contributed by atoms with Gasteiger partial charge in [0.05, 0.1) is 36.8 Å². The molecule has 0 aliphatic rings. The molecule has 0 bridgehead atoms. The molecule has 56 heavy (non-hydrogen) atoms. The van der Waals surface area contributed by atoms with E-state index in [1.807, 2.05) is 20.8 Å². The topological polar surface area (TPSA) is 139 Å². The maximum atomic E-state index is 15.0. The Labute approximate surface area is 328 Å². The number of alkyl halides is 3. The summed E-state index contributed by atoms with van der Waals surface area (Å²) < 4.78 is 84.7. The number of Topliss-reactive ketones (excluding diaryl/α,β-unsaturated/α-hetero) is 1. The first-order chi connectivity index (χ1) is 26.5. The summed E-state index contributed by atoms with van der Waals surface area (Å²) in [6.07, 6.45) is -5.12. The van der Waals surface area contributed by atoms with Crippen LogP contribution in [-0.4, -0.2) is 67.3 Å². The van der Waals surface area contributed by atoms with Gasteiger partial charge in [0, 0.05) is 40.3 Å². The Morgan fingerprint density at radius 2 is 1.48 bits per heavy atom. The second kappa shape index (κ2) is 18.0. The molecule has 10 nitrogen and oxygen atoms in total. The molecule has 2 heterocycles. The van der Waals surface area contributed by atoms with Gasteiger partial charge in [0.2, 0.25) is 10.0 Å². The Hall–Kier alpha value is -4.83. The Bertz CT molecular complexity index is 2100. The molecule has 3 atom stereocenters. The van der Waals surface area contributed by atoms with Gasteiger partial charge in [-0.25, -0.2) is 13.2 Å². The lowest BCUT2D eigenvalue weighted by molar-refractivity contribution is -0.156. The van der Waals surface area contributed by atoms with E-state index in [-0.39, 0.29) is 26.6 Å². The van der Waals surface area contributed by atoms with Crippen LogP contribution in [0, 0.1) is 5.41 Å². The summed E-state index contributed by atoms with van der Waals surface area (Å²) in [5, 5.41) is 16.9. The van der Waals surface area contributed by atoms with Gasteiger partial charge < -0.3 is 19.7 Å². The quantitative estimate of drug-likeness (QED) is 0.101. The minimum absolute atomic E-state index is 0.0451. The molecule has 0 spiro atoms. The van der Waals surface area contributed by atoms with Crippen LogP contribution < -0.4 is 5.32 Å². The number of methoxy groups -OCH3 is 1. The largest absolute Gasteiger partial charge is 0.453 e. The van der Waals surface area contributed by atoms with Crippen LogP contribution in [0.25, 0.3) is 11.3 Å². The molecule has 0 fully saturated rings. The highest BCUT2D eigenvalue weighted by atomic mass is 32.2. The van der Waals surface area contributed by atoms with Crippen molar-refractivity contribution in [2.75, 3.05) is 20.3 Å². The molecule has 2 N–H and O–H groups in total. The molecule has 15 heteroatoms. The number of sulfonamides is 1. The summed E-state index contributed by atoms with van der Waals surface area (Å²) in [5.74, 6) is -3.64. The summed E-state index contributed by atoms with van der Waals surface area (Å²) in [6, 6.07) is 24.7. The van der Waals surface area contributed by atoms with Crippen molar-refractivity contribution in [3.63, 3.8) is 0 Å². The van der Waals surface area contributed by atoms with Gasteiger partial charge in [-0.05, 0) is 59.4 Å². The number of carbonyl (C=O) groups excluding carboxylic acids is 2. The Balaban J connectivity index is 1.50. The SMILES string of the molecule is COC(=O)N[C@H](C(=O)C[C@H](c1ccc([C@@H](CO)N(CCC(C)(C)C)S(=O)(=O)c2ccc(-c3ccno3)cc2)s1)C(F)(F)F)C(c1ccccc1)c1ccccc1. The van der Waals surface area contributed by atoms with Crippen LogP contribution in [0.15, 0.2) is 119 Å². The number of aliphatic hydroxyl groups is 1. The number of aromatic nitrogens is 1. The maximum absolute atomic E-state index is 15.0. The molecule has 5 rings (SSSR count). The minimum atomic E-state index is -4.92. The van der Waals surface area contributed by atoms with Crippen molar-refractivity contribution in [2.24, 2.45) is 5.41 Å². The number of amides is 1. The average molecular weight is 812 g/mol. The van der Waals surface area contributed by atoms with Gasteiger partial charge in [0.15, 0.2) is 11.5 Å². The molecule has 0 radical (unpaired) electrons. The summed E-state index contributed by atoms with van der Waals surface area (Å²) in [5.41, 5.74) is 1.42. The molecule has 298 valence electrons. The number of ether oxygens (including phenoxy) is 1. The Morgan fingerprint density at radius 1 is 0.893 bits per heavy atom. The van der Waals surface area contributed by atoms with E-state index in [0.29, 0.717) is 40.2 Å². The Kier molecular flexibility index (Phi) is 13.6. The van der Waals surface area contributed by atoms with E-state index in [0.717, 1.165) is 11.4 Å². The second-order valence-electron chi connectivity index (χ2n) is 14.4. The highest BCUT2D eigenvalue weighted by Gasteiger charge is 2.46. The van der Waals surface area contributed by atoms with Crippen LogP contribution >= 0.6 is 11.3 Å². The third-order valence-electron chi connectivity index (χ3n) is 9.36. The van der Waals surface area contributed by atoms with Crippen molar-refractivity contribution in [1.29, 1.82) is 0 Å². The Morgan fingerprint density at radius 3 is 1.98 bits per heavy atom. The predicted octanol–water partition coefficient (Wildman–Crippen LogP) is 8.73. The first-order valence-electron chi connectivity index (χ1n) is 17.8. The molecule has 0 aliphatic heterocycles. The zero-order valence-electron chi connectivity index (χ0n) is 31.3. The number of hydrogen-bond donors (Lipinski definition) is 2. The third kappa shape index (κ3) is 10.3. The van der Waals surface area contributed by atoms with Crippen LogP contribution in [0.1, 0.15) is 72.4 Å². The average Bonchev–Trinajstić information content (AvgIpc) is 3.89. The highest BCUT2D eigenvalue weighted by molar-refractivity contribution is 7.89. The number of rotatable bonds is 16. The molecule has 2 aromatic heterocycles. The number of hydrogen-bond acceptors (Lipinski definition) is 9. The van der Waals surface area contributed by atoms with Gasteiger partial charge >= 0.3 is 12.3 Å². The van der Waals surface area contributed by atoms with E-state index in [1.165, 1.54) is 30.5 Å². The standard InChI is InChI=1S/C41H44F3N3O7S2/c1-40(2,3)22-24-47(56(51,52)30-17-15-27(16-18-30)34-21-23-45-54-34)32(26-48)36-20-19-35(55-36)31(41(42,43)44)25-33(49)38(46-39(50)53-4)37(28-11-7-5-8-12-28)29-13-9-6-10-14-29/h5-21,23,31-32,37-38,48H,22,24-26H2,1-4H3,(H,46,50)/t31-,32-,38-/m1/s1. The third-order valence-corrected chi connectivity index (χ3v) is 12.6. The van der Waals surface area contributed by atoms with Gasteiger partial charge in [-0.2, -0.15) is 17.5 Å². The minimum Gasteiger partial charge on any atom is -0.453 e. The summed E-state index contributed by atoms with van der Waals surface area (Å²) in [6.45, 7) is 5.00. The molecule has 0 aliphatic carbocycles. The van der Waals surface area contributed by atoms with Gasteiger partial charge in [-0.3, -0.25) is 4.79 Å². The zero-order valence-corrected chi connectivity index (χ0v) is 32.9. The van der Waals surface area contributed by atoms with E-state index in [2.05, 4.69) is 10.5 Å². The van der Waals surface area contributed by atoms with Crippen LogP contribution in [-0.2, 0) is 19.6 Å². The zero-order chi connectivity index (χ0) is 40.7. The lowest BCUT2D eigenvalue weighted by atomic mass is 9.81. The van der Waals surface area contributed by atoms with E-state index < -0.39 is 65.0 Å². The number of halogens is 3. The van der Waals surface area contributed by atoms with Gasteiger partial charge in [-0.1, -0.05) is 86.6 Å². The molecular formula is C41H44F3N3O7S2. The van der Waals surface area contributed by atoms with Crippen molar-refractivity contribution in [3.05, 3.63) is 130 Å². The first-order valence-corrected chi connectivity index (χ1v) is 20.1. The molecule has 0 unspecified atom stereocenters. The first kappa shape index (κ1) is 42.3. The van der Waals surface area contributed by atoms with Crippen molar-refractivity contribution >= 4 is 33.2 Å². The molecule has 1 amide bonds. The van der Waals surface area contributed by atoms with Crippen molar-refractivity contribution in [2.45, 2.75) is 68.6 Å². The fourth-order valence-corrected chi connectivity index (χ4v) is 9.28. The summed E-state index contributed by atoms with van der Waals surface area (Å²) in [7, 11) is -3.21. The summed E-state index contributed by atoms with van der Waals surface area (Å²) in [4.78, 5) is 26.6. The number of benzene rings is 3. The fraction of sp³-hybridized carbons (Fsp3) is 0.341. The van der Waals surface area contributed by atoms with Crippen molar-refractivity contribution in [1.82, 2.24) is 14.8 Å². The van der Waals surface area contributed by atoms with Gasteiger partial charge in [0.1, 0.15) is 6.04 Å². The monoisotopic (exact) mass is 811 g/mol. The van der Waals surface area contributed by atoms with Crippen molar-refractivity contribution in [3.8, 4) is 11.3 Å². The number of ketones is 1. The van der Waals surface area contributed by atoms with Crippen LogP contribution in [0.5, 0.6) is 0 Å². The summed E-state index contributed by atoms with van der Waals surface area (Å²) >= 11 is 0.678. The van der Waals surface area contributed by atoms with Gasteiger partial charge in [0.25, 0.3) is 0 Å². The molecular weight excluding hydrogens is 768 g/mol. The van der Waals surface area contributed by atoms with E-state index >= 15 is 13.2 Å². The number of thiophene rings is 1. The fourth-order valence-electron chi connectivity index (χ4n) is 6.38. The van der Waals surface area contributed by atoms with Crippen LogP contribution in [0.3, 0.4) is 0 Å². The number of aliphatic hydroxyl groups excluding tert-OH is 1. The number of nitrogens with zero attached hydrogens (tertiary/aromatic N) is 2. The number of alkyl carbamates (subject to hydrolysis) is 1. The lowest BCUT2D eigenvalue weighted by Crippen LogP contribution is -2.46.